The third-order valence-electron chi connectivity index (χ3n) is 8.01. The van der Waals surface area contributed by atoms with E-state index in [1.807, 2.05) is 0 Å². The Labute approximate surface area is 242 Å². The first-order valence-corrected chi connectivity index (χ1v) is 14.4. The second-order valence-electron chi connectivity index (χ2n) is 10.6. The Morgan fingerprint density at radius 1 is 0.463 bits per heavy atom. The van der Waals surface area contributed by atoms with Crippen molar-refractivity contribution in [1.82, 2.24) is 0 Å². The van der Waals surface area contributed by atoms with E-state index in [1.165, 1.54) is 33.3 Å². The number of hydrogen-bond acceptors (Lipinski definition) is 2. The summed E-state index contributed by atoms with van der Waals surface area (Å²) in [5.41, 5.74) is 9.75. The zero-order chi connectivity index (χ0) is 27.6. The van der Waals surface area contributed by atoms with Crippen molar-refractivity contribution in [3.63, 3.8) is 0 Å². The average molecular weight is 529 g/mol. The molecule has 0 heterocycles. The first-order valence-electron chi connectivity index (χ1n) is 14.4. The van der Waals surface area contributed by atoms with Crippen LogP contribution in [0.1, 0.15) is 30.4 Å². The van der Waals surface area contributed by atoms with Gasteiger partial charge < -0.3 is 9.80 Å². The standard InChI is InChI=1S/C39H32N2/c1-29-17-16-28-36-37(29)39(41(32-22-10-4-11-23-32)33-24-12-5-13-25-33)35-27-15-14-26-34(35)38(36)40(30-18-6-2-7-19-30)31-20-8-3-9-21-31/h2-16,18-29H,17H2,1H3. The van der Waals surface area contributed by atoms with Crippen molar-refractivity contribution in [2.75, 3.05) is 9.80 Å². The lowest BCUT2D eigenvalue weighted by atomic mass is 9.82. The van der Waals surface area contributed by atoms with Gasteiger partial charge >= 0.3 is 0 Å². The number of allylic oxidation sites excluding steroid dienone is 1. The maximum atomic E-state index is 2.45. The fraction of sp³-hybridized carbons (Fsp3) is 0.0769. The van der Waals surface area contributed by atoms with Gasteiger partial charge in [0, 0.05) is 39.1 Å². The number of anilines is 6. The molecule has 6 aromatic carbocycles. The zero-order valence-corrected chi connectivity index (χ0v) is 23.2. The predicted molar refractivity (Wildman–Crippen MR) is 175 cm³/mol. The molecule has 1 aliphatic rings. The molecule has 0 spiro atoms. The van der Waals surface area contributed by atoms with E-state index < -0.39 is 0 Å². The molecule has 0 aliphatic heterocycles. The molecule has 0 bridgehead atoms. The van der Waals surface area contributed by atoms with Crippen LogP contribution < -0.4 is 9.80 Å². The van der Waals surface area contributed by atoms with Crippen molar-refractivity contribution in [2.45, 2.75) is 19.3 Å². The van der Waals surface area contributed by atoms with E-state index in [9.17, 15) is 0 Å². The van der Waals surface area contributed by atoms with Crippen molar-refractivity contribution < 1.29 is 0 Å². The molecule has 6 aromatic rings. The van der Waals surface area contributed by atoms with Crippen molar-refractivity contribution >= 4 is 51.0 Å². The summed E-state index contributed by atoms with van der Waals surface area (Å²) in [5.74, 6) is 0.344. The lowest BCUT2D eigenvalue weighted by molar-refractivity contribution is 0.772. The van der Waals surface area contributed by atoms with Crippen LogP contribution in [0.25, 0.3) is 16.8 Å². The molecule has 0 fully saturated rings. The van der Waals surface area contributed by atoms with Gasteiger partial charge in [-0.2, -0.15) is 0 Å². The van der Waals surface area contributed by atoms with Gasteiger partial charge in [0.1, 0.15) is 0 Å². The first kappa shape index (κ1) is 24.9. The lowest BCUT2D eigenvalue weighted by Gasteiger charge is -2.37. The topological polar surface area (TPSA) is 6.48 Å². The Bertz CT molecular complexity index is 1730. The highest BCUT2D eigenvalue weighted by Crippen LogP contribution is 2.53. The van der Waals surface area contributed by atoms with Crippen LogP contribution in [0.4, 0.5) is 34.1 Å². The van der Waals surface area contributed by atoms with Gasteiger partial charge in [0.05, 0.1) is 11.4 Å². The van der Waals surface area contributed by atoms with E-state index in [-0.39, 0.29) is 0 Å². The van der Waals surface area contributed by atoms with E-state index in [2.05, 4.69) is 174 Å². The fourth-order valence-electron chi connectivity index (χ4n) is 6.22. The molecule has 0 aromatic heterocycles. The van der Waals surface area contributed by atoms with Gasteiger partial charge in [-0.15, -0.1) is 0 Å². The number of rotatable bonds is 6. The summed E-state index contributed by atoms with van der Waals surface area (Å²) < 4.78 is 0. The minimum absolute atomic E-state index is 0.344. The smallest absolute Gasteiger partial charge is 0.0616 e. The first-order chi connectivity index (χ1) is 20.3. The summed E-state index contributed by atoms with van der Waals surface area (Å²) in [7, 11) is 0. The number of para-hydroxylation sites is 4. The predicted octanol–water partition coefficient (Wildman–Crippen LogP) is 11.3. The van der Waals surface area contributed by atoms with Gasteiger partial charge in [0.25, 0.3) is 0 Å². The number of fused-ring (bicyclic) bond motifs is 2. The van der Waals surface area contributed by atoms with Crippen LogP contribution >= 0.6 is 0 Å². The highest BCUT2D eigenvalue weighted by Gasteiger charge is 2.30. The van der Waals surface area contributed by atoms with Crippen molar-refractivity contribution in [2.24, 2.45) is 0 Å². The Morgan fingerprint density at radius 2 is 0.829 bits per heavy atom. The van der Waals surface area contributed by atoms with E-state index in [0.717, 1.165) is 29.2 Å². The number of nitrogens with zero attached hydrogens (tertiary/aromatic N) is 2. The summed E-state index contributed by atoms with van der Waals surface area (Å²) in [5, 5.41) is 2.47. The zero-order valence-electron chi connectivity index (χ0n) is 23.2. The quantitative estimate of drug-likeness (QED) is 0.198. The third-order valence-corrected chi connectivity index (χ3v) is 8.01. The summed E-state index contributed by atoms with van der Waals surface area (Å²) in [6.45, 7) is 2.37. The molecule has 1 aliphatic carbocycles. The monoisotopic (exact) mass is 528 g/mol. The van der Waals surface area contributed by atoms with Crippen molar-refractivity contribution in [3.8, 4) is 0 Å². The molecule has 1 unspecified atom stereocenters. The fourth-order valence-corrected chi connectivity index (χ4v) is 6.22. The molecule has 0 saturated carbocycles. The van der Waals surface area contributed by atoms with Crippen LogP contribution in [0, 0.1) is 0 Å². The van der Waals surface area contributed by atoms with Crippen LogP contribution in [-0.2, 0) is 0 Å². The Hall–Kier alpha value is -5.08. The molecule has 2 nitrogen and oxygen atoms in total. The van der Waals surface area contributed by atoms with Gasteiger partial charge in [-0.05, 0) is 66.4 Å². The Balaban J connectivity index is 1.62. The SMILES string of the molecule is CC1CC=Cc2c1c(N(c1ccccc1)c1ccccc1)c1ccccc1c2N(c1ccccc1)c1ccccc1. The Morgan fingerprint density at radius 3 is 1.27 bits per heavy atom. The third kappa shape index (κ3) is 4.48. The number of benzene rings is 6. The van der Waals surface area contributed by atoms with Crippen LogP contribution in [-0.4, -0.2) is 0 Å². The van der Waals surface area contributed by atoms with E-state index in [4.69, 9.17) is 0 Å². The van der Waals surface area contributed by atoms with Crippen LogP contribution in [0.3, 0.4) is 0 Å². The minimum atomic E-state index is 0.344. The number of hydrogen-bond donors (Lipinski definition) is 0. The largest absolute Gasteiger partial charge is 0.310 e. The molecule has 0 saturated heterocycles. The van der Waals surface area contributed by atoms with E-state index >= 15 is 0 Å². The van der Waals surface area contributed by atoms with Gasteiger partial charge in [-0.3, -0.25) is 0 Å². The summed E-state index contributed by atoms with van der Waals surface area (Å²) in [4.78, 5) is 4.89. The molecule has 0 radical (unpaired) electrons. The average Bonchev–Trinajstić information content (AvgIpc) is 3.04. The molecule has 7 rings (SSSR count). The van der Waals surface area contributed by atoms with Gasteiger partial charge in [0.15, 0.2) is 0 Å². The van der Waals surface area contributed by atoms with Crippen LogP contribution in [0.5, 0.6) is 0 Å². The highest BCUT2D eigenvalue weighted by molar-refractivity contribution is 6.12. The lowest BCUT2D eigenvalue weighted by Crippen LogP contribution is -2.19. The molecule has 0 amide bonds. The maximum absolute atomic E-state index is 2.45. The molecular formula is C39H32N2. The van der Waals surface area contributed by atoms with Crippen molar-refractivity contribution in [1.29, 1.82) is 0 Å². The van der Waals surface area contributed by atoms with Crippen molar-refractivity contribution in [3.05, 3.63) is 163 Å². The van der Waals surface area contributed by atoms with E-state index in [0.29, 0.717) is 5.92 Å². The van der Waals surface area contributed by atoms with Gasteiger partial charge in [0.2, 0.25) is 0 Å². The molecule has 1 atom stereocenters. The summed E-state index contributed by atoms with van der Waals surface area (Å²) in [6.07, 6.45) is 5.71. The molecule has 2 heteroatoms. The normalized spacial score (nSPS) is 14.0. The highest BCUT2D eigenvalue weighted by atomic mass is 15.2. The second-order valence-corrected chi connectivity index (χ2v) is 10.6. The second kappa shape index (κ2) is 10.8. The van der Waals surface area contributed by atoms with Gasteiger partial charge in [-0.1, -0.05) is 116 Å². The Kier molecular flexibility index (Phi) is 6.58. The maximum Gasteiger partial charge on any atom is 0.0616 e. The summed E-state index contributed by atoms with van der Waals surface area (Å²) >= 11 is 0. The van der Waals surface area contributed by atoms with E-state index in [1.54, 1.807) is 0 Å². The molecule has 0 N–H and O–H groups in total. The van der Waals surface area contributed by atoms with Crippen LogP contribution in [0.2, 0.25) is 0 Å². The molecular weight excluding hydrogens is 496 g/mol. The summed E-state index contributed by atoms with van der Waals surface area (Å²) in [6, 6.07) is 52.0. The van der Waals surface area contributed by atoms with Gasteiger partial charge in [-0.25, -0.2) is 0 Å². The minimum Gasteiger partial charge on any atom is -0.310 e. The molecule has 198 valence electrons. The van der Waals surface area contributed by atoms with Crippen LogP contribution in [0.15, 0.2) is 152 Å². The molecule has 41 heavy (non-hydrogen) atoms.